The average molecular weight is 558 g/mol. The monoisotopic (exact) mass is 557 g/mol. The molecule has 37 heavy (non-hydrogen) atoms. The van der Waals surface area contributed by atoms with Crippen LogP contribution in [0.25, 0.3) is 22.4 Å². The molecule has 0 unspecified atom stereocenters. The minimum Gasteiger partial charge on any atom is -0.341 e. The zero-order valence-electron chi connectivity index (χ0n) is 19.3. The molecule has 3 heterocycles. The molecule has 13 heteroatoms. The van der Waals surface area contributed by atoms with Gasteiger partial charge in [0.1, 0.15) is 16.9 Å². The van der Waals surface area contributed by atoms with Gasteiger partial charge in [0.25, 0.3) is 0 Å². The standard InChI is InChI=1S/C24H18F3N7S3/c1-12-7-16(37-21-19-20(29-10-28-19)30-11-31-21)8-13(2)18(12)17-9-36-23(33-17)34-22(35)32-15-5-3-14(4-6-15)24(25,26)27/h3-11H,1-2H3,(H,28,29,30,31)(H2,32,33,34,35). The molecule has 0 amide bonds. The van der Waals surface area contributed by atoms with Gasteiger partial charge in [-0.2, -0.15) is 13.2 Å². The predicted molar refractivity (Wildman–Crippen MR) is 144 cm³/mol. The molecule has 188 valence electrons. The Balaban J connectivity index is 1.29. The highest BCUT2D eigenvalue weighted by atomic mass is 32.2. The van der Waals surface area contributed by atoms with E-state index in [1.165, 1.54) is 41.6 Å². The molecule has 5 rings (SSSR count). The second-order valence-corrected chi connectivity index (χ2v) is 10.3. The summed E-state index contributed by atoms with van der Waals surface area (Å²) in [4.78, 5) is 21.5. The smallest absolute Gasteiger partial charge is 0.341 e. The van der Waals surface area contributed by atoms with Crippen molar-refractivity contribution in [3.63, 3.8) is 0 Å². The summed E-state index contributed by atoms with van der Waals surface area (Å²) in [5, 5.41) is 9.41. The molecule has 7 nitrogen and oxygen atoms in total. The predicted octanol–water partition coefficient (Wildman–Crippen LogP) is 7.07. The van der Waals surface area contributed by atoms with Crippen LogP contribution in [0.2, 0.25) is 0 Å². The molecule has 0 radical (unpaired) electrons. The lowest BCUT2D eigenvalue weighted by Crippen LogP contribution is -2.19. The maximum absolute atomic E-state index is 12.8. The zero-order chi connectivity index (χ0) is 26.2. The Labute approximate surface area is 223 Å². The van der Waals surface area contributed by atoms with Gasteiger partial charge in [-0.25, -0.2) is 19.9 Å². The third-order valence-electron chi connectivity index (χ3n) is 5.36. The van der Waals surface area contributed by atoms with E-state index < -0.39 is 11.7 Å². The molecular formula is C24H18F3N7S3. The van der Waals surface area contributed by atoms with Gasteiger partial charge < -0.3 is 15.6 Å². The second kappa shape index (κ2) is 10.1. The summed E-state index contributed by atoms with van der Waals surface area (Å²) in [6.45, 7) is 4.06. The molecule has 0 saturated carbocycles. The van der Waals surface area contributed by atoms with Crippen LogP contribution in [0.3, 0.4) is 0 Å². The van der Waals surface area contributed by atoms with Crippen LogP contribution in [-0.2, 0) is 6.18 Å². The number of aromatic nitrogens is 5. The Morgan fingerprint density at radius 2 is 1.76 bits per heavy atom. The van der Waals surface area contributed by atoms with Crippen molar-refractivity contribution in [3.05, 3.63) is 71.1 Å². The van der Waals surface area contributed by atoms with E-state index in [1.54, 1.807) is 6.33 Å². The van der Waals surface area contributed by atoms with Crippen molar-refractivity contribution in [2.75, 3.05) is 10.6 Å². The molecule has 0 aliphatic carbocycles. The Bertz CT molecular complexity index is 1570. The number of aryl methyl sites for hydroxylation is 2. The van der Waals surface area contributed by atoms with Crippen LogP contribution in [0.1, 0.15) is 16.7 Å². The van der Waals surface area contributed by atoms with Crippen LogP contribution in [0.4, 0.5) is 24.0 Å². The van der Waals surface area contributed by atoms with Crippen LogP contribution in [0.15, 0.2) is 64.4 Å². The first kappa shape index (κ1) is 25.1. The highest BCUT2D eigenvalue weighted by Crippen LogP contribution is 2.36. The number of halogens is 3. The molecule has 0 bridgehead atoms. The Morgan fingerprint density at radius 1 is 1.03 bits per heavy atom. The van der Waals surface area contributed by atoms with Gasteiger partial charge in [-0.3, -0.25) is 0 Å². The summed E-state index contributed by atoms with van der Waals surface area (Å²) in [7, 11) is 0. The summed E-state index contributed by atoms with van der Waals surface area (Å²) in [6, 6.07) is 8.83. The SMILES string of the molecule is Cc1cc(Sc2ncnc3nc[nH]c23)cc(C)c1-c1csc(NC(=S)Nc2ccc(C(F)(F)F)cc2)n1. The number of nitrogens with one attached hydrogen (secondary N) is 3. The molecule has 3 N–H and O–H groups in total. The number of benzene rings is 2. The van der Waals surface area contributed by atoms with Crippen molar-refractivity contribution >= 4 is 62.4 Å². The summed E-state index contributed by atoms with van der Waals surface area (Å²) >= 11 is 8.22. The van der Waals surface area contributed by atoms with Gasteiger partial charge in [-0.05, 0) is 73.6 Å². The van der Waals surface area contributed by atoms with E-state index in [2.05, 4.69) is 47.7 Å². The lowest BCUT2D eigenvalue weighted by Gasteiger charge is -2.11. The zero-order valence-corrected chi connectivity index (χ0v) is 21.8. The van der Waals surface area contributed by atoms with Crippen molar-refractivity contribution in [1.82, 2.24) is 24.9 Å². The molecule has 3 aromatic heterocycles. The largest absolute Gasteiger partial charge is 0.416 e. The fraction of sp³-hybridized carbons (Fsp3) is 0.125. The van der Waals surface area contributed by atoms with Gasteiger partial charge in [0.05, 0.1) is 17.6 Å². The van der Waals surface area contributed by atoms with Crippen molar-refractivity contribution in [2.24, 2.45) is 0 Å². The molecule has 0 fully saturated rings. The quantitative estimate of drug-likeness (QED) is 0.156. The van der Waals surface area contributed by atoms with Gasteiger partial charge in [-0.15, -0.1) is 11.3 Å². The molecular weight excluding hydrogens is 540 g/mol. The number of imidazole rings is 1. The number of thiocarbonyl (C=S) groups is 1. The molecule has 0 aliphatic rings. The van der Waals surface area contributed by atoms with E-state index in [-0.39, 0.29) is 5.11 Å². The van der Waals surface area contributed by atoms with Crippen LogP contribution in [-0.4, -0.2) is 30.0 Å². The van der Waals surface area contributed by atoms with Crippen LogP contribution in [0.5, 0.6) is 0 Å². The number of thiazole rings is 1. The van der Waals surface area contributed by atoms with Gasteiger partial charge in [0.15, 0.2) is 15.9 Å². The maximum Gasteiger partial charge on any atom is 0.416 e. The van der Waals surface area contributed by atoms with E-state index in [1.807, 2.05) is 19.2 Å². The number of H-pyrrole nitrogens is 1. The highest BCUT2D eigenvalue weighted by molar-refractivity contribution is 7.99. The van der Waals surface area contributed by atoms with Gasteiger partial charge in [-0.1, -0.05) is 11.8 Å². The minimum atomic E-state index is -4.39. The van der Waals surface area contributed by atoms with E-state index in [9.17, 15) is 13.2 Å². The van der Waals surface area contributed by atoms with Crippen LogP contribution >= 0.6 is 35.3 Å². The van der Waals surface area contributed by atoms with Crippen molar-refractivity contribution < 1.29 is 13.2 Å². The normalized spacial score (nSPS) is 11.6. The lowest BCUT2D eigenvalue weighted by molar-refractivity contribution is -0.137. The number of fused-ring (bicyclic) bond motifs is 1. The summed E-state index contributed by atoms with van der Waals surface area (Å²) in [6.07, 6.45) is -1.29. The van der Waals surface area contributed by atoms with Gasteiger partial charge in [0.2, 0.25) is 0 Å². The first-order valence-corrected chi connectivity index (χ1v) is 12.9. The molecule has 0 atom stereocenters. The minimum absolute atomic E-state index is 0.232. The average Bonchev–Trinajstić information content (AvgIpc) is 3.49. The number of hydrogen-bond donors (Lipinski definition) is 3. The summed E-state index contributed by atoms with van der Waals surface area (Å²) < 4.78 is 38.3. The maximum atomic E-state index is 12.8. The second-order valence-electron chi connectivity index (χ2n) is 8.01. The molecule has 2 aromatic carbocycles. The highest BCUT2D eigenvalue weighted by Gasteiger charge is 2.30. The topological polar surface area (TPSA) is 91.4 Å². The number of alkyl halides is 3. The number of nitrogens with zero attached hydrogens (tertiary/aromatic N) is 4. The lowest BCUT2D eigenvalue weighted by atomic mass is 10.0. The number of aromatic amines is 1. The first-order chi connectivity index (χ1) is 17.7. The third kappa shape index (κ3) is 5.58. The Kier molecular flexibility index (Phi) is 6.84. The third-order valence-corrected chi connectivity index (χ3v) is 7.30. The van der Waals surface area contributed by atoms with E-state index >= 15 is 0 Å². The van der Waals surface area contributed by atoms with Crippen LogP contribution < -0.4 is 10.6 Å². The van der Waals surface area contributed by atoms with E-state index in [0.717, 1.165) is 50.0 Å². The Morgan fingerprint density at radius 3 is 2.46 bits per heavy atom. The number of anilines is 2. The molecule has 0 aliphatic heterocycles. The van der Waals surface area contributed by atoms with Gasteiger partial charge in [0, 0.05) is 21.5 Å². The van der Waals surface area contributed by atoms with E-state index in [0.29, 0.717) is 16.5 Å². The van der Waals surface area contributed by atoms with Crippen molar-refractivity contribution in [1.29, 1.82) is 0 Å². The van der Waals surface area contributed by atoms with Crippen molar-refractivity contribution in [2.45, 2.75) is 29.9 Å². The van der Waals surface area contributed by atoms with Crippen molar-refractivity contribution in [3.8, 4) is 11.3 Å². The first-order valence-electron chi connectivity index (χ1n) is 10.8. The fourth-order valence-corrected chi connectivity index (χ4v) is 5.80. The molecule has 0 saturated heterocycles. The van der Waals surface area contributed by atoms with E-state index in [4.69, 9.17) is 12.2 Å². The molecule has 0 spiro atoms. The molecule has 5 aromatic rings. The van der Waals surface area contributed by atoms with Crippen LogP contribution in [0, 0.1) is 13.8 Å². The fourth-order valence-electron chi connectivity index (χ4n) is 3.77. The summed E-state index contributed by atoms with van der Waals surface area (Å²) in [5.41, 5.74) is 5.07. The number of rotatable bonds is 5. The Hall–Kier alpha value is -3.55. The van der Waals surface area contributed by atoms with Gasteiger partial charge >= 0.3 is 6.18 Å². The number of hydrogen-bond acceptors (Lipinski definition) is 7. The summed E-state index contributed by atoms with van der Waals surface area (Å²) in [5.74, 6) is 0.